The van der Waals surface area contributed by atoms with Crippen molar-refractivity contribution in [2.45, 2.75) is 42.5 Å². The smallest absolute Gasteiger partial charge is 0.312 e. The first-order valence-corrected chi connectivity index (χ1v) is 12.1. The number of amides is 2. The minimum absolute atomic E-state index is 0.0166. The third-order valence-electron chi connectivity index (χ3n) is 6.80. The number of aliphatic hydroxyl groups is 1. The number of benzene rings is 1. The lowest BCUT2D eigenvalue weighted by molar-refractivity contribution is -0.155. The Hall–Kier alpha value is -2.23. The second-order valence-corrected chi connectivity index (χ2v) is 9.84. The SMILES string of the molecule is C=CCN(Cc1ccccc1)C(=O)C1N(CCO)C(=O)[C@@H]2[C@H](C(=O)OCC)[C@H]3OC12CC3Br. The molecule has 3 unspecified atom stereocenters. The fourth-order valence-electron chi connectivity index (χ4n) is 5.63. The van der Waals surface area contributed by atoms with Gasteiger partial charge in [-0.3, -0.25) is 14.4 Å². The molecule has 1 aromatic rings. The zero-order valence-electron chi connectivity index (χ0n) is 18.6. The number of nitrogens with zero attached hydrogens (tertiary/aromatic N) is 2. The molecule has 1 spiro atoms. The van der Waals surface area contributed by atoms with Crippen LogP contribution in [0.4, 0.5) is 0 Å². The molecule has 33 heavy (non-hydrogen) atoms. The molecule has 9 heteroatoms. The first-order chi connectivity index (χ1) is 15.9. The highest BCUT2D eigenvalue weighted by Crippen LogP contribution is 2.60. The van der Waals surface area contributed by atoms with E-state index in [1.165, 1.54) is 4.90 Å². The van der Waals surface area contributed by atoms with E-state index in [1.54, 1.807) is 17.9 Å². The monoisotopic (exact) mass is 520 g/mol. The zero-order valence-corrected chi connectivity index (χ0v) is 20.1. The molecule has 0 aromatic heterocycles. The van der Waals surface area contributed by atoms with Crippen LogP contribution in [0.5, 0.6) is 0 Å². The van der Waals surface area contributed by atoms with Gasteiger partial charge in [0.05, 0.1) is 31.2 Å². The number of aliphatic hydroxyl groups excluding tert-OH is 1. The van der Waals surface area contributed by atoms with E-state index in [4.69, 9.17) is 9.47 Å². The van der Waals surface area contributed by atoms with Gasteiger partial charge in [0.15, 0.2) is 0 Å². The molecule has 3 heterocycles. The lowest BCUT2D eigenvalue weighted by Gasteiger charge is -2.37. The quantitative estimate of drug-likeness (QED) is 0.301. The number of halogens is 1. The van der Waals surface area contributed by atoms with Gasteiger partial charge in [-0.25, -0.2) is 0 Å². The fraction of sp³-hybridized carbons (Fsp3) is 0.542. The van der Waals surface area contributed by atoms with Crippen LogP contribution in [0.1, 0.15) is 18.9 Å². The summed E-state index contributed by atoms with van der Waals surface area (Å²) in [6, 6.07) is 8.62. The molecule has 3 aliphatic heterocycles. The topological polar surface area (TPSA) is 96.4 Å². The minimum Gasteiger partial charge on any atom is -0.466 e. The van der Waals surface area contributed by atoms with E-state index < -0.39 is 35.6 Å². The summed E-state index contributed by atoms with van der Waals surface area (Å²) in [7, 11) is 0. The number of likely N-dealkylation sites (tertiary alicyclic amines) is 1. The molecule has 178 valence electrons. The van der Waals surface area contributed by atoms with Gasteiger partial charge in [-0.2, -0.15) is 0 Å². The molecule has 2 amide bonds. The molecule has 3 saturated heterocycles. The van der Waals surface area contributed by atoms with Gasteiger partial charge in [0.25, 0.3) is 0 Å². The second-order valence-electron chi connectivity index (χ2n) is 8.66. The van der Waals surface area contributed by atoms with Crippen molar-refractivity contribution < 1.29 is 29.0 Å². The van der Waals surface area contributed by atoms with E-state index in [9.17, 15) is 19.5 Å². The summed E-state index contributed by atoms with van der Waals surface area (Å²) in [4.78, 5) is 43.2. The number of rotatable bonds is 9. The average Bonchev–Trinajstić information content (AvgIpc) is 3.38. The first-order valence-electron chi connectivity index (χ1n) is 11.2. The maximum atomic E-state index is 14.0. The summed E-state index contributed by atoms with van der Waals surface area (Å²) in [5.74, 6) is -2.74. The van der Waals surface area contributed by atoms with Gasteiger partial charge in [0.1, 0.15) is 11.6 Å². The molecule has 4 rings (SSSR count). The predicted molar refractivity (Wildman–Crippen MR) is 123 cm³/mol. The molecular formula is C24H29BrN2O6. The van der Waals surface area contributed by atoms with Crippen LogP contribution in [0.2, 0.25) is 0 Å². The largest absolute Gasteiger partial charge is 0.466 e. The summed E-state index contributed by atoms with van der Waals surface area (Å²) in [6.07, 6.45) is 1.51. The highest BCUT2D eigenvalue weighted by atomic mass is 79.9. The van der Waals surface area contributed by atoms with Gasteiger partial charge in [-0.1, -0.05) is 52.3 Å². The number of fused-ring (bicyclic) bond motifs is 1. The van der Waals surface area contributed by atoms with Crippen LogP contribution in [-0.4, -0.2) is 81.6 Å². The van der Waals surface area contributed by atoms with Crippen LogP contribution in [0.3, 0.4) is 0 Å². The third-order valence-corrected chi connectivity index (χ3v) is 7.64. The van der Waals surface area contributed by atoms with Crippen LogP contribution < -0.4 is 0 Å². The number of carbonyl (C=O) groups is 3. The highest BCUT2D eigenvalue weighted by Gasteiger charge is 2.77. The van der Waals surface area contributed by atoms with Gasteiger partial charge in [-0.05, 0) is 18.9 Å². The van der Waals surface area contributed by atoms with Crippen LogP contribution >= 0.6 is 15.9 Å². The van der Waals surface area contributed by atoms with E-state index in [2.05, 4.69) is 22.5 Å². The summed E-state index contributed by atoms with van der Waals surface area (Å²) in [5, 5.41) is 9.69. The van der Waals surface area contributed by atoms with E-state index in [0.717, 1.165) is 5.56 Å². The minimum atomic E-state index is -1.16. The Kier molecular flexibility index (Phi) is 6.93. The Balaban J connectivity index is 1.72. The Morgan fingerprint density at radius 3 is 2.76 bits per heavy atom. The number of carbonyl (C=O) groups excluding carboxylic acids is 3. The fourth-order valence-corrected chi connectivity index (χ4v) is 6.57. The van der Waals surface area contributed by atoms with Gasteiger partial charge in [0.2, 0.25) is 11.8 Å². The Morgan fingerprint density at radius 1 is 1.39 bits per heavy atom. The van der Waals surface area contributed by atoms with Crippen molar-refractivity contribution in [1.82, 2.24) is 9.80 Å². The van der Waals surface area contributed by atoms with Crippen molar-refractivity contribution in [3.63, 3.8) is 0 Å². The molecule has 2 bridgehead atoms. The van der Waals surface area contributed by atoms with Crippen LogP contribution in [0.25, 0.3) is 0 Å². The molecule has 8 nitrogen and oxygen atoms in total. The normalized spacial score (nSPS) is 32.0. The second kappa shape index (κ2) is 9.56. The van der Waals surface area contributed by atoms with E-state index >= 15 is 0 Å². The molecule has 0 saturated carbocycles. The summed E-state index contributed by atoms with van der Waals surface area (Å²) in [5.41, 5.74) is -0.213. The van der Waals surface area contributed by atoms with Crippen molar-refractivity contribution in [2.75, 3.05) is 26.3 Å². The number of hydrogen-bond acceptors (Lipinski definition) is 6. The van der Waals surface area contributed by atoms with Gasteiger partial charge in [0, 0.05) is 24.5 Å². The van der Waals surface area contributed by atoms with Crippen molar-refractivity contribution in [3.05, 3.63) is 48.6 Å². The summed E-state index contributed by atoms with van der Waals surface area (Å²) < 4.78 is 11.6. The molecule has 6 atom stereocenters. The molecule has 0 radical (unpaired) electrons. The zero-order chi connectivity index (χ0) is 23.8. The van der Waals surface area contributed by atoms with E-state index in [0.29, 0.717) is 13.0 Å². The van der Waals surface area contributed by atoms with E-state index in [1.807, 2.05) is 30.3 Å². The van der Waals surface area contributed by atoms with Crippen molar-refractivity contribution >= 4 is 33.7 Å². The summed E-state index contributed by atoms with van der Waals surface area (Å²) in [6.45, 7) is 6.00. The van der Waals surface area contributed by atoms with Gasteiger partial charge >= 0.3 is 5.97 Å². The van der Waals surface area contributed by atoms with Crippen LogP contribution in [0, 0.1) is 11.8 Å². The van der Waals surface area contributed by atoms with Gasteiger partial charge in [-0.15, -0.1) is 6.58 Å². The molecule has 0 aliphatic carbocycles. The van der Waals surface area contributed by atoms with Crippen LogP contribution in [-0.2, 0) is 30.4 Å². The molecule has 1 aromatic carbocycles. The van der Waals surface area contributed by atoms with Crippen molar-refractivity contribution in [3.8, 4) is 0 Å². The third kappa shape index (κ3) is 3.90. The Labute approximate surface area is 201 Å². The highest BCUT2D eigenvalue weighted by molar-refractivity contribution is 9.09. The summed E-state index contributed by atoms with van der Waals surface area (Å²) >= 11 is 3.61. The van der Waals surface area contributed by atoms with Crippen molar-refractivity contribution in [1.29, 1.82) is 0 Å². The number of hydrogen-bond donors (Lipinski definition) is 1. The standard InChI is InChI=1S/C24H29BrN2O6/c1-3-10-26(14-15-8-6-5-7-9-15)22(30)20-24-13-16(25)19(33-24)17(23(31)32-4-2)18(24)21(29)27(20)11-12-28/h3,5-9,16-20,28H,1,4,10-14H2,2H3/t16?,17-,18-,19-,20?,24?/m0/s1. The predicted octanol–water partition coefficient (Wildman–Crippen LogP) is 1.50. The molecule has 1 N–H and O–H groups in total. The lowest BCUT2D eigenvalue weighted by Crippen LogP contribution is -2.56. The molecular weight excluding hydrogens is 492 g/mol. The number of β-amino-alcohol motifs (C(OH)–C–C–N with tert-alkyl or cyclic N) is 1. The Bertz CT molecular complexity index is 927. The average molecular weight is 521 g/mol. The lowest BCUT2D eigenvalue weighted by atomic mass is 9.70. The van der Waals surface area contributed by atoms with Crippen LogP contribution in [0.15, 0.2) is 43.0 Å². The number of esters is 1. The molecule has 3 fully saturated rings. The maximum Gasteiger partial charge on any atom is 0.312 e. The van der Waals surface area contributed by atoms with Gasteiger partial charge < -0.3 is 24.4 Å². The van der Waals surface area contributed by atoms with E-state index in [-0.39, 0.29) is 42.9 Å². The number of ether oxygens (including phenoxy) is 2. The molecule has 3 aliphatic rings. The maximum absolute atomic E-state index is 14.0. The van der Waals surface area contributed by atoms with Crippen molar-refractivity contribution in [2.24, 2.45) is 11.8 Å². The Morgan fingerprint density at radius 2 is 2.12 bits per heavy atom. The first kappa shape index (κ1) is 23.9. The number of alkyl halides is 1.